The number of ether oxygens (including phenoxy) is 1. The maximum atomic E-state index is 12.0. The molecule has 0 atom stereocenters. The summed E-state index contributed by atoms with van der Waals surface area (Å²) in [5.74, 6) is -0.451. The summed E-state index contributed by atoms with van der Waals surface area (Å²) in [5, 5.41) is 6.96. The molecule has 8 nitrogen and oxygen atoms in total. The number of carbonyl (C=O) groups is 3. The van der Waals surface area contributed by atoms with Crippen molar-refractivity contribution in [2.45, 2.75) is 25.9 Å². The average Bonchev–Trinajstić information content (AvgIpc) is 3.26. The number of ketones is 1. The molecule has 9 heteroatoms. The zero-order valence-corrected chi connectivity index (χ0v) is 17.3. The molecule has 1 heterocycles. The van der Waals surface area contributed by atoms with E-state index in [2.05, 4.69) is 15.5 Å². The molecule has 2 aromatic carbocycles. The maximum Gasteiger partial charge on any atom is 0.308 e. The van der Waals surface area contributed by atoms with E-state index in [1.165, 1.54) is 0 Å². The number of benzene rings is 2. The van der Waals surface area contributed by atoms with Crippen molar-refractivity contribution in [1.29, 1.82) is 0 Å². The molecule has 0 saturated carbocycles. The molecule has 3 aromatic rings. The molecule has 0 aliphatic carbocycles. The van der Waals surface area contributed by atoms with E-state index < -0.39 is 5.97 Å². The van der Waals surface area contributed by atoms with Crippen LogP contribution in [-0.4, -0.2) is 34.3 Å². The molecule has 0 radical (unpaired) electrons. The number of hydrogen-bond donors (Lipinski definition) is 1. The fraction of sp³-hybridized carbons (Fsp3) is 0.227. The molecule has 0 saturated heterocycles. The van der Waals surface area contributed by atoms with Crippen LogP contribution in [-0.2, 0) is 20.9 Å². The van der Waals surface area contributed by atoms with Gasteiger partial charge in [0.25, 0.3) is 5.89 Å². The summed E-state index contributed by atoms with van der Waals surface area (Å²) < 4.78 is 10.1. The fourth-order valence-corrected chi connectivity index (χ4v) is 2.85. The first-order valence-electron chi connectivity index (χ1n) is 9.60. The van der Waals surface area contributed by atoms with Gasteiger partial charge >= 0.3 is 5.97 Å². The Bertz CT molecular complexity index is 1050. The SMILES string of the molecule is O=C(CCC(=O)c1ccccc1)NCCC(=O)OCc1nc(-c2cccc(Cl)c2)no1. The van der Waals surface area contributed by atoms with Crippen molar-refractivity contribution in [2.75, 3.05) is 6.54 Å². The lowest BCUT2D eigenvalue weighted by Gasteiger charge is -2.05. The van der Waals surface area contributed by atoms with Crippen LogP contribution in [0.4, 0.5) is 0 Å². The summed E-state index contributed by atoms with van der Waals surface area (Å²) in [6.07, 6.45) is 0.136. The zero-order chi connectivity index (χ0) is 22.1. The predicted octanol–water partition coefficient (Wildman–Crippen LogP) is 3.60. The van der Waals surface area contributed by atoms with Gasteiger partial charge in [-0.1, -0.05) is 59.2 Å². The van der Waals surface area contributed by atoms with E-state index in [0.29, 0.717) is 22.0 Å². The Labute approximate surface area is 183 Å². The highest BCUT2D eigenvalue weighted by Gasteiger charge is 2.13. The number of aromatic nitrogens is 2. The van der Waals surface area contributed by atoms with E-state index >= 15 is 0 Å². The van der Waals surface area contributed by atoms with Crippen LogP contribution in [0.25, 0.3) is 11.4 Å². The minimum atomic E-state index is -0.525. The van der Waals surface area contributed by atoms with Gasteiger partial charge in [-0.25, -0.2) is 0 Å². The van der Waals surface area contributed by atoms with Crippen LogP contribution >= 0.6 is 11.6 Å². The molecule has 0 bridgehead atoms. The van der Waals surface area contributed by atoms with Crippen LogP contribution in [0, 0.1) is 0 Å². The van der Waals surface area contributed by atoms with Gasteiger partial charge in [0, 0.05) is 35.5 Å². The Morgan fingerprint density at radius 3 is 2.58 bits per heavy atom. The van der Waals surface area contributed by atoms with Gasteiger partial charge in [-0.3, -0.25) is 14.4 Å². The molecule has 1 amide bonds. The summed E-state index contributed by atoms with van der Waals surface area (Å²) >= 11 is 5.94. The van der Waals surface area contributed by atoms with Crippen molar-refractivity contribution in [1.82, 2.24) is 15.5 Å². The highest BCUT2D eigenvalue weighted by atomic mass is 35.5. The second-order valence-corrected chi connectivity index (χ2v) is 7.01. The van der Waals surface area contributed by atoms with E-state index in [-0.39, 0.29) is 50.0 Å². The van der Waals surface area contributed by atoms with Crippen molar-refractivity contribution < 1.29 is 23.6 Å². The van der Waals surface area contributed by atoms with Crippen molar-refractivity contribution >= 4 is 29.3 Å². The molecule has 0 aliphatic rings. The first kappa shape index (κ1) is 22.2. The Balaban J connectivity index is 1.33. The lowest BCUT2D eigenvalue weighted by atomic mass is 10.1. The minimum Gasteiger partial charge on any atom is -0.456 e. The van der Waals surface area contributed by atoms with E-state index in [9.17, 15) is 14.4 Å². The number of rotatable bonds is 10. The number of esters is 1. The lowest BCUT2D eigenvalue weighted by Crippen LogP contribution is -2.26. The number of hydrogen-bond acceptors (Lipinski definition) is 7. The summed E-state index contributed by atoms with van der Waals surface area (Å²) in [7, 11) is 0. The summed E-state index contributed by atoms with van der Waals surface area (Å²) in [5.41, 5.74) is 1.25. The quantitative estimate of drug-likeness (QED) is 0.378. The van der Waals surface area contributed by atoms with E-state index in [1.54, 1.807) is 48.5 Å². The highest BCUT2D eigenvalue weighted by molar-refractivity contribution is 6.30. The molecular formula is C22H20ClN3O5. The molecule has 0 fully saturated rings. The molecule has 160 valence electrons. The largest absolute Gasteiger partial charge is 0.456 e. The van der Waals surface area contributed by atoms with E-state index in [1.807, 2.05) is 6.07 Å². The summed E-state index contributed by atoms with van der Waals surface area (Å²) in [6, 6.07) is 15.7. The summed E-state index contributed by atoms with van der Waals surface area (Å²) in [6.45, 7) is -0.0687. The van der Waals surface area contributed by atoms with Gasteiger partial charge in [0.2, 0.25) is 11.7 Å². The normalized spacial score (nSPS) is 10.5. The first-order chi connectivity index (χ1) is 15.0. The Morgan fingerprint density at radius 2 is 1.81 bits per heavy atom. The Hall–Kier alpha value is -3.52. The molecule has 0 aliphatic heterocycles. The van der Waals surface area contributed by atoms with Gasteiger partial charge in [-0.05, 0) is 12.1 Å². The number of Topliss-reactive ketones (excluding diaryl/α,β-unsaturated/α-hetero) is 1. The number of carbonyl (C=O) groups excluding carboxylic acids is 3. The van der Waals surface area contributed by atoms with E-state index in [4.69, 9.17) is 20.9 Å². The lowest BCUT2D eigenvalue weighted by molar-refractivity contribution is -0.145. The van der Waals surface area contributed by atoms with Crippen molar-refractivity contribution in [3.63, 3.8) is 0 Å². The van der Waals surface area contributed by atoms with Crippen molar-refractivity contribution in [3.05, 3.63) is 71.1 Å². The standard InChI is InChI=1S/C22H20ClN3O5/c23-17-8-4-7-16(13-17)22-25-20(31-26-22)14-30-21(29)11-12-24-19(28)10-9-18(27)15-5-2-1-3-6-15/h1-8,13H,9-12,14H2,(H,24,28). The molecule has 1 N–H and O–H groups in total. The fourth-order valence-electron chi connectivity index (χ4n) is 2.66. The van der Waals surface area contributed by atoms with Gasteiger partial charge in [-0.15, -0.1) is 0 Å². The van der Waals surface area contributed by atoms with Crippen LogP contribution in [0.5, 0.6) is 0 Å². The van der Waals surface area contributed by atoms with Gasteiger partial charge in [0.05, 0.1) is 6.42 Å². The predicted molar refractivity (Wildman–Crippen MR) is 112 cm³/mol. The smallest absolute Gasteiger partial charge is 0.308 e. The maximum absolute atomic E-state index is 12.0. The number of nitrogens with one attached hydrogen (secondary N) is 1. The van der Waals surface area contributed by atoms with Gasteiger partial charge in [-0.2, -0.15) is 4.98 Å². The van der Waals surface area contributed by atoms with Crippen LogP contribution in [0.15, 0.2) is 59.1 Å². The van der Waals surface area contributed by atoms with Gasteiger partial charge in [0.15, 0.2) is 12.4 Å². The second kappa shape index (κ2) is 11.0. The topological polar surface area (TPSA) is 111 Å². The monoisotopic (exact) mass is 441 g/mol. The number of halogens is 1. The summed E-state index contributed by atoms with van der Waals surface area (Å²) in [4.78, 5) is 39.8. The van der Waals surface area contributed by atoms with Crippen LogP contribution < -0.4 is 5.32 Å². The third kappa shape index (κ3) is 7.04. The number of amides is 1. The third-order valence-electron chi connectivity index (χ3n) is 4.23. The van der Waals surface area contributed by atoms with Gasteiger partial charge < -0.3 is 14.6 Å². The molecule has 1 aromatic heterocycles. The molecular weight excluding hydrogens is 422 g/mol. The van der Waals surface area contributed by atoms with Crippen molar-refractivity contribution in [2.24, 2.45) is 0 Å². The zero-order valence-electron chi connectivity index (χ0n) is 16.5. The second-order valence-electron chi connectivity index (χ2n) is 6.57. The van der Waals surface area contributed by atoms with Crippen LogP contribution in [0.1, 0.15) is 35.5 Å². The van der Waals surface area contributed by atoms with Crippen LogP contribution in [0.2, 0.25) is 5.02 Å². The average molecular weight is 442 g/mol. The molecule has 3 rings (SSSR count). The molecule has 31 heavy (non-hydrogen) atoms. The van der Waals surface area contributed by atoms with Crippen molar-refractivity contribution in [3.8, 4) is 11.4 Å². The third-order valence-corrected chi connectivity index (χ3v) is 4.47. The van der Waals surface area contributed by atoms with Gasteiger partial charge in [0.1, 0.15) is 0 Å². The minimum absolute atomic E-state index is 0.0202. The van der Waals surface area contributed by atoms with E-state index in [0.717, 1.165) is 0 Å². The molecule has 0 unspecified atom stereocenters. The number of nitrogens with zero attached hydrogens (tertiary/aromatic N) is 2. The molecule has 0 spiro atoms. The van der Waals surface area contributed by atoms with Crippen LogP contribution in [0.3, 0.4) is 0 Å². The first-order valence-corrected chi connectivity index (χ1v) is 9.98. The highest BCUT2D eigenvalue weighted by Crippen LogP contribution is 2.20. The Morgan fingerprint density at radius 1 is 1.00 bits per heavy atom. The Kier molecular flexibility index (Phi) is 7.89.